The largest absolute Gasteiger partial charge is 0.506 e. The van der Waals surface area contributed by atoms with Gasteiger partial charge in [0.2, 0.25) is 0 Å². The van der Waals surface area contributed by atoms with E-state index in [4.69, 9.17) is 0 Å². The third-order valence-corrected chi connectivity index (χ3v) is 2.84. The van der Waals surface area contributed by atoms with Crippen LogP contribution in [0.15, 0.2) is 18.2 Å². The van der Waals surface area contributed by atoms with E-state index in [1.165, 1.54) is 0 Å². The molecule has 0 atom stereocenters. The van der Waals surface area contributed by atoms with E-state index in [0.29, 0.717) is 5.69 Å². The highest BCUT2D eigenvalue weighted by molar-refractivity contribution is 5.43. The van der Waals surface area contributed by atoms with Gasteiger partial charge < -0.3 is 9.67 Å². The molecule has 0 fully saturated rings. The topological polar surface area (TPSA) is 38.0 Å². The molecule has 0 aliphatic carbocycles. The van der Waals surface area contributed by atoms with Crippen molar-refractivity contribution < 1.29 is 5.11 Å². The van der Waals surface area contributed by atoms with Crippen LogP contribution in [0.1, 0.15) is 22.6 Å². The smallest absolute Gasteiger partial charge is 0.139 e. The first-order valence-electron chi connectivity index (χ1n) is 5.33. The van der Waals surface area contributed by atoms with Gasteiger partial charge in [0.15, 0.2) is 0 Å². The standard InChI is InChI=1S/C13H16N2O/c1-8-7-12(14-11(4)13(8)16)15-9(2)5-6-10(15)3/h5-7,16H,1-4H3. The minimum atomic E-state index is 0.284. The lowest BCUT2D eigenvalue weighted by Gasteiger charge is -2.11. The Bertz CT molecular complexity index is 498. The third-order valence-electron chi connectivity index (χ3n) is 2.84. The molecule has 0 spiro atoms. The summed E-state index contributed by atoms with van der Waals surface area (Å²) in [6.45, 7) is 7.81. The molecule has 1 N–H and O–H groups in total. The summed E-state index contributed by atoms with van der Waals surface area (Å²) < 4.78 is 2.08. The molecule has 2 rings (SSSR count). The predicted octanol–water partition coefficient (Wildman–Crippen LogP) is 2.81. The summed E-state index contributed by atoms with van der Waals surface area (Å²) in [6.07, 6.45) is 0. The minimum Gasteiger partial charge on any atom is -0.506 e. The number of aromatic nitrogens is 2. The van der Waals surface area contributed by atoms with Gasteiger partial charge in [0.25, 0.3) is 0 Å². The van der Waals surface area contributed by atoms with Gasteiger partial charge >= 0.3 is 0 Å². The van der Waals surface area contributed by atoms with Crippen LogP contribution in [0.3, 0.4) is 0 Å². The van der Waals surface area contributed by atoms with Crippen molar-refractivity contribution in [2.75, 3.05) is 0 Å². The molecule has 0 amide bonds. The fourth-order valence-electron chi connectivity index (χ4n) is 1.95. The van der Waals surface area contributed by atoms with Gasteiger partial charge in [-0.25, -0.2) is 4.98 Å². The molecule has 16 heavy (non-hydrogen) atoms. The van der Waals surface area contributed by atoms with Crippen LogP contribution in [-0.2, 0) is 0 Å². The highest BCUT2D eigenvalue weighted by atomic mass is 16.3. The second-order valence-corrected chi connectivity index (χ2v) is 4.18. The van der Waals surface area contributed by atoms with Crippen molar-refractivity contribution in [1.82, 2.24) is 9.55 Å². The lowest BCUT2D eigenvalue weighted by atomic mass is 10.2. The zero-order valence-electron chi connectivity index (χ0n) is 10.1. The fraction of sp³-hybridized carbons (Fsp3) is 0.308. The maximum atomic E-state index is 9.70. The molecule has 0 aliphatic rings. The molecule has 0 aliphatic heterocycles. The van der Waals surface area contributed by atoms with Crippen LogP contribution in [-0.4, -0.2) is 14.7 Å². The van der Waals surface area contributed by atoms with Gasteiger partial charge in [-0.3, -0.25) is 0 Å². The molecule has 84 valence electrons. The summed E-state index contributed by atoms with van der Waals surface area (Å²) >= 11 is 0. The van der Waals surface area contributed by atoms with Crippen LogP contribution in [0.5, 0.6) is 5.75 Å². The summed E-state index contributed by atoms with van der Waals surface area (Å²) in [5.41, 5.74) is 3.82. The van der Waals surface area contributed by atoms with Crippen molar-refractivity contribution in [1.29, 1.82) is 0 Å². The highest BCUT2D eigenvalue weighted by Crippen LogP contribution is 2.23. The summed E-state index contributed by atoms with van der Waals surface area (Å²) in [5.74, 6) is 1.15. The van der Waals surface area contributed by atoms with Gasteiger partial charge in [-0.2, -0.15) is 0 Å². The lowest BCUT2D eigenvalue weighted by Crippen LogP contribution is -2.03. The van der Waals surface area contributed by atoms with Crippen molar-refractivity contribution in [3.63, 3.8) is 0 Å². The Kier molecular flexibility index (Phi) is 2.46. The number of hydrogen-bond donors (Lipinski definition) is 1. The predicted molar refractivity (Wildman–Crippen MR) is 64.2 cm³/mol. The maximum absolute atomic E-state index is 9.70. The molecule has 3 nitrogen and oxygen atoms in total. The first kappa shape index (κ1) is 10.7. The molecule has 0 bridgehead atoms. The second kappa shape index (κ2) is 3.67. The van der Waals surface area contributed by atoms with Crippen LogP contribution < -0.4 is 0 Å². The first-order valence-corrected chi connectivity index (χ1v) is 5.33. The van der Waals surface area contributed by atoms with E-state index >= 15 is 0 Å². The fourth-order valence-corrected chi connectivity index (χ4v) is 1.95. The van der Waals surface area contributed by atoms with E-state index in [2.05, 4.69) is 21.7 Å². The lowest BCUT2D eigenvalue weighted by molar-refractivity contribution is 0.463. The van der Waals surface area contributed by atoms with Gasteiger partial charge in [0.1, 0.15) is 11.6 Å². The average Bonchev–Trinajstić information content (AvgIpc) is 2.54. The molecule has 2 aromatic heterocycles. The van der Waals surface area contributed by atoms with Crippen molar-refractivity contribution in [2.45, 2.75) is 27.7 Å². The van der Waals surface area contributed by atoms with Gasteiger partial charge in [-0.15, -0.1) is 0 Å². The summed E-state index contributed by atoms with van der Waals surface area (Å²) in [4.78, 5) is 4.41. The van der Waals surface area contributed by atoms with Crippen LogP contribution >= 0.6 is 0 Å². The molecule has 0 radical (unpaired) electrons. The molecule has 0 saturated heterocycles. The monoisotopic (exact) mass is 216 g/mol. The number of aryl methyl sites for hydroxylation is 4. The Balaban J connectivity index is 2.66. The number of rotatable bonds is 1. The summed E-state index contributed by atoms with van der Waals surface area (Å²) in [5, 5.41) is 9.70. The van der Waals surface area contributed by atoms with E-state index < -0.39 is 0 Å². The molecular weight excluding hydrogens is 200 g/mol. The molecular formula is C13H16N2O. The van der Waals surface area contributed by atoms with Gasteiger partial charge in [-0.1, -0.05) is 0 Å². The highest BCUT2D eigenvalue weighted by Gasteiger charge is 2.09. The quantitative estimate of drug-likeness (QED) is 0.796. The van der Waals surface area contributed by atoms with Crippen LogP contribution in [0.25, 0.3) is 5.82 Å². The van der Waals surface area contributed by atoms with E-state index in [1.807, 2.05) is 33.8 Å². The maximum Gasteiger partial charge on any atom is 0.139 e. The molecule has 2 aromatic rings. The molecule has 3 heteroatoms. The van der Waals surface area contributed by atoms with Crippen molar-refractivity contribution in [2.24, 2.45) is 0 Å². The van der Waals surface area contributed by atoms with Crippen molar-refractivity contribution in [3.05, 3.63) is 40.8 Å². The van der Waals surface area contributed by atoms with Crippen LogP contribution in [0, 0.1) is 27.7 Å². The first-order chi connectivity index (χ1) is 7.50. The number of pyridine rings is 1. The number of aromatic hydroxyl groups is 1. The summed E-state index contributed by atoms with van der Waals surface area (Å²) in [7, 11) is 0. The SMILES string of the molecule is Cc1cc(-n2c(C)ccc2C)nc(C)c1O. The normalized spacial score (nSPS) is 10.8. The van der Waals surface area contributed by atoms with E-state index in [0.717, 1.165) is 22.8 Å². The molecule has 2 heterocycles. The van der Waals surface area contributed by atoms with Gasteiger partial charge in [-0.05, 0) is 51.5 Å². The Morgan fingerprint density at radius 2 is 1.62 bits per heavy atom. The van der Waals surface area contributed by atoms with Crippen LogP contribution in [0.2, 0.25) is 0 Å². The third kappa shape index (κ3) is 1.58. The Labute approximate surface area is 95.4 Å². The molecule has 0 unspecified atom stereocenters. The Morgan fingerprint density at radius 3 is 2.12 bits per heavy atom. The van der Waals surface area contributed by atoms with Crippen molar-refractivity contribution in [3.8, 4) is 11.6 Å². The average molecular weight is 216 g/mol. The van der Waals surface area contributed by atoms with E-state index in [1.54, 1.807) is 0 Å². The zero-order chi connectivity index (χ0) is 11.9. The van der Waals surface area contributed by atoms with E-state index in [-0.39, 0.29) is 5.75 Å². The Morgan fingerprint density at radius 1 is 1.06 bits per heavy atom. The second-order valence-electron chi connectivity index (χ2n) is 4.18. The van der Waals surface area contributed by atoms with Gasteiger partial charge in [0.05, 0.1) is 5.69 Å². The van der Waals surface area contributed by atoms with E-state index in [9.17, 15) is 5.11 Å². The summed E-state index contributed by atoms with van der Waals surface area (Å²) in [6, 6.07) is 6.03. The van der Waals surface area contributed by atoms with Crippen molar-refractivity contribution >= 4 is 0 Å². The number of nitrogens with zero attached hydrogens (tertiary/aromatic N) is 2. The zero-order valence-corrected chi connectivity index (χ0v) is 10.1. The minimum absolute atomic E-state index is 0.284. The van der Waals surface area contributed by atoms with Gasteiger partial charge in [0, 0.05) is 11.4 Å². The Hall–Kier alpha value is -1.77. The molecule has 0 aromatic carbocycles. The van der Waals surface area contributed by atoms with Crippen LogP contribution in [0.4, 0.5) is 0 Å². The molecule has 0 saturated carbocycles. The number of hydrogen-bond acceptors (Lipinski definition) is 2.